The van der Waals surface area contributed by atoms with Gasteiger partial charge in [-0.3, -0.25) is 0 Å². The summed E-state index contributed by atoms with van der Waals surface area (Å²) < 4.78 is 11.0. The van der Waals surface area contributed by atoms with Gasteiger partial charge in [-0.25, -0.2) is 0 Å². The van der Waals surface area contributed by atoms with Crippen molar-refractivity contribution in [2.45, 2.75) is 38.6 Å². The van der Waals surface area contributed by atoms with E-state index in [1.165, 1.54) is 5.56 Å². The van der Waals surface area contributed by atoms with Crippen molar-refractivity contribution in [3.63, 3.8) is 0 Å². The summed E-state index contributed by atoms with van der Waals surface area (Å²) >= 11 is 0. The maximum Gasteiger partial charge on any atom is 0.122 e. The van der Waals surface area contributed by atoms with Gasteiger partial charge in [0.2, 0.25) is 0 Å². The summed E-state index contributed by atoms with van der Waals surface area (Å²) in [5, 5.41) is 0. The third-order valence-electron chi connectivity index (χ3n) is 3.96. The summed E-state index contributed by atoms with van der Waals surface area (Å²) in [5.41, 5.74) is 8.40. The van der Waals surface area contributed by atoms with Crippen molar-refractivity contribution in [2.75, 3.05) is 19.8 Å². The molecule has 0 spiro atoms. The van der Waals surface area contributed by atoms with E-state index in [0.29, 0.717) is 19.8 Å². The first kappa shape index (κ1) is 13.4. The van der Waals surface area contributed by atoms with Crippen LogP contribution in [-0.2, 0) is 10.2 Å². The number of hydrogen-bond donors (Lipinski definition) is 1. The zero-order valence-corrected chi connectivity index (χ0v) is 11.7. The van der Waals surface area contributed by atoms with Crippen LogP contribution in [0.3, 0.4) is 0 Å². The molecule has 0 radical (unpaired) electrons. The van der Waals surface area contributed by atoms with Crippen LogP contribution in [0.25, 0.3) is 0 Å². The minimum absolute atomic E-state index is 0.0670. The maximum absolute atomic E-state index is 6.34. The fraction of sp³-hybridized carbons (Fsp3) is 0.600. The van der Waals surface area contributed by atoms with E-state index in [2.05, 4.69) is 32.9 Å². The zero-order valence-electron chi connectivity index (χ0n) is 11.7. The van der Waals surface area contributed by atoms with Crippen molar-refractivity contribution >= 4 is 0 Å². The molecule has 100 valence electrons. The predicted octanol–water partition coefficient (Wildman–Crippen LogP) is 2.40. The highest BCUT2D eigenvalue weighted by atomic mass is 16.5. The molecule has 0 bridgehead atoms. The van der Waals surface area contributed by atoms with Crippen LogP contribution < -0.4 is 10.5 Å². The van der Waals surface area contributed by atoms with E-state index < -0.39 is 0 Å². The predicted molar refractivity (Wildman–Crippen MR) is 73.1 cm³/mol. The van der Waals surface area contributed by atoms with Gasteiger partial charge in [-0.15, -0.1) is 0 Å². The highest BCUT2D eigenvalue weighted by molar-refractivity contribution is 5.42. The molecule has 0 saturated carbocycles. The molecule has 0 amide bonds. The van der Waals surface area contributed by atoms with Gasteiger partial charge in [0.1, 0.15) is 5.75 Å². The Morgan fingerprint density at radius 3 is 2.44 bits per heavy atom. The molecular formula is C15H23NO2. The van der Waals surface area contributed by atoms with Crippen LogP contribution in [0.5, 0.6) is 5.75 Å². The van der Waals surface area contributed by atoms with Crippen molar-refractivity contribution < 1.29 is 9.47 Å². The van der Waals surface area contributed by atoms with Gasteiger partial charge in [-0.05, 0) is 44.9 Å². The van der Waals surface area contributed by atoms with Crippen LogP contribution in [0.2, 0.25) is 0 Å². The van der Waals surface area contributed by atoms with Gasteiger partial charge in [0.05, 0.1) is 25.2 Å². The van der Waals surface area contributed by atoms with Gasteiger partial charge < -0.3 is 15.2 Å². The smallest absolute Gasteiger partial charge is 0.122 e. The van der Waals surface area contributed by atoms with Gasteiger partial charge in [-0.1, -0.05) is 12.1 Å². The molecule has 1 saturated heterocycles. The van der Waals surface area contributed by atoms with E-state index in [0.717, 1.165) is 11.3 Å². The van der Waals surface area contributed by atoms with Crippen molar-refractivity contribution in [3.05, 3.63) is 29.3 Å². The number of nitrogens with two attached hydrogens (primary N) is 1. The maximum atomic E-state index is 6.34. The Kier molecular flexibility index (Phi) is 3.39. The molecule has 2 N–H and O–H groups in total. The molecule has 3 heteroatoms. The molecule has 0 unspecified atom stereocenters. The normalized spacial score (nSPS) is 18.3. The van der Waals surface area contributed by atoms with E-state index in [4.69, 9.17) is 15.2 Å². The Balaban J connectivity index is 2.36. The lowest BCUT2D eigenvalue weighted by Crippen LogP contribution is -2.64. The summed E-state index contributed by atoms with van der Waals surface area (Å²) in [7, 11) is 0. The Morgan fingerprint density at radius 1 is 1.39 bits per heavy atom. The molecule has 0 aliphatic carbocycles. The van der Waals surface area contributed by atoms with Crippen molar-refractivity contribution in [3.8, 4) is 5.75 Å². The Morgan fingerprint density at radius 2 is 2.06 bits per heavy atom. The Hall–Kier alpha value is -1.06. The summed E-state index contributed by atoms with van der Waals surface area (Å²) in [6, 6.07) is 6.34. The topological polar surface area (TPSA) is 44.5 Å². The van der Waals surface area contributed by atoms with E-state index in [-0.39, 0.29) is 11.0 Å². The first-order valence-electron chi connectivity index (χ1n) is 6.51. The minimum atomic E-state index is -0.287. The quantitative estimate of drug-likeness (QED) is 0.891. The minimum Gasteiger partial charge on any atom is -0.494 e. The van der Waals surface area contributed by atoms with Crippen LogP contribution in [0, 0.1) is 6.92 Å². The van der Waals surface area contributed by atoms with Gasteiger partial charge in [0, 0.05) is 5.54 Å². The second kappa shape index (κ2) is 4.56. The molecule has 0 aromatic heterocycles. The largest absolute Gasteiger partial charge is 0.494 e. The van der Waals surface area contributed by atoms with Gasteiger partial charge in [0.25, 0.3) is 0 Å². The molecule has 2 rings (SSSR count). The van der Waals surface area contributed by atoms with Crippen LogP contribution >= 0.6 is 0 Å². The zero-order chi connectivity index (χ0) is 13.4. The molecule has 3 nitrogen and oxygen atoms in total. The van der Waals surface area contributed by atoms with E-state index in [1.807, 2.05) is 13.0 Å². The SMILES string of the molecule is CCOc1ccc(C2(C(C)(C)N)COC2)cc1C. The fourth-order valence-corrected chi connectivity index (χ4v) is 2.48. The summed E-state index contributed by atoms with van der Waals surface area (Å²) in [4.78, 5) is 0. The Bertz CT molecular complexity index is 431. The number of rotatable bonds is 4. The monoisotopic (exact) mass is 249 g/mol. The van der Waals surface area contributed by atoms with Gasteiger partial charge in [-0.2, -0.15) is 0 Å². The van der Waals surface area contributed by atoms with Crippen LogP contribution in [0.1, 0.15) is 31.9 Å². The third kappa shape index (κ3) is 2.02. The lowest BCUT2D eigenvalue weighted by atomic mass is 9.65. The number of hydrogen-bond acceptors (Lipinski definition) is 3. The Labute approximate surface area is 109 Å². The second-order valence-electron chi connectivity index (χ2n) is 5.71. The van der Waals surface area contributed by atoms with E-state index in [1.54, 1.807) is 0 Å². The molecule has 1 aliphatic heterocycles. The molecule has 1 aromatic rings. The molecule has 18 heavy (non-hydrogen) atoms. The van der Waals surface area contributed by atoms with Crippen LogP contribution in [0.4, 0.5) is 0 Å². The lowest BCUT2D eigenvalue weighted by Gasteiger charge is -2.51. The fourth-order valence-electron chi connectivity index (χ4n) is 2.48. The summed E-state index contributed by atoms with van der Waals surface area (Å²) in [6.07, 6.45) is 0. The van der Waals surface area contributed by atoms with Crippen molar-refractivity contribution in [1.29, 1.82) is 0 Å². The summed E-state index contributed by atoms with van der Waals surface area (Å²) in [5.74, 6) is 0.950. The first-order valence-corrected chi connectivity index (χ1v) is 6.51. The highest BCUT2D eigenvalue weighted by Gasteiger charge is 2.50. The molecule has 1 aromatic carbocycles. The van der Waals surface area contributed by atoms with E-state index in [9.17, 15) is 0 Å². The van der Waals surface area contributed by atoms with Crippen LogP contribution in [-0.4, -0.2) is 25.4 Å². The molecular weight excluding hydrogens is 226 g/mol. The van der Waals surface area contributed by atoms with Crippen molar-refractivity contribution in [1.82, 2.24) is 0 Å². The number of ether oxygens (including phenoxy) is 2. The molecule has 1 fully saturated rings. The lowest BCUT2D eigenvalue weighted by molar-refractivity contribution is -0.0919. The third-order valence-corrected chi connectivity index (χ3v) is 3.96. The average molecular weight is 249 g/mol. The average Bonchev–Trinajstić information content (AvgIpc) is 2.18. The van der Waals surface area contributed by atoms with Crippen LogP contribution in [0.15, 0.2) is 18.2 Å². The molecule has 1 heterocycles. The summed E-state index contributed by atoms with van der Waals surface area (Å²) in [6.45, 7) is 10.3. The van der Waals surface area contributed by atoms with Gasteiger partial charge in [0.15, 0.2) is 0 Å². The number of benzene rings is 1. The first-order chi connectivity index (χ1) is 8.40. The van der Waals surface area contributed by atoms with Gasteiger partial charge >= 0.3 is 0 Å². The second-order valence-corrected chi connectivity index (χ2v) is 5.71. The number of aryl methyl sites for hydroxylation is 1. The molecule has 0 atom stereocenters. The highest BCUT2D eigenvalue weighted by Crippen LogP contribution is 2.41. The standard InChI is InChI=1S/C15H23NO2/c1-5-18-13-7-6-12(8-11(13)2)15(9-17-10-15)14(3,4)16/h6-8H,5,9-10,16H2,1-4H3. The molecule has 1 aliphatic rings. The van der Waals surface area contributed by atoms with E-state index >= 15 is 0 Å². The van der Waals surface area contributed by atoms with Crippen molar-refractivity contribution in [2.24, 2.45) is 5.73 Å².